The second-order valence-corrected chi connectivity index (χ2v) is 11.4. The monoisotopic (exact) mass is 520 g/mol. The fraction of sp³-hybridized carbons (Fsp3) is 0.667. The number of fused-ring (bicyclic) bond motifs is 1. The first-order valence-electron chi connectivity index (χ1n) is 13.2. The molecule has 0 radical (unpaired) electrons. The molecule has 4 rings (SSSR count). The molecule has 1 amide bonds. The van der Waals surface area contributed by atoms with Gasteiger partial charge in [0.1, 0.15) is 0 Å². The van der Waals surface area contributed by atoms with Crippen molar-refractivity contribution in [1.29, 1.82) is 0 Å². The predicted octanol–water partition coefficient (Wildman–Crippen LogP) is 4.76. The van der Waals surface area contributed by atoms with Crippen LogP contribution >= 0.6 is 11.3 Å². The van der Waals surface area contributed by atoms with Crippen molar-refractivity contribution in [3.05, 3.63) is 39.0 Å². The minimum Gasteiger partial charge on any atom is -0.471 e. The largest absolute Gasteiger partial charge is 0.471 e. The fourth-order valence-electron chi connectivity index (χ4n) is 5.34. The van der Waals surface area contributed by atoms with Gasteiger partial charge in [-0.15, -0.1) is 11.3 Å². The Hall–Kier alpha value is -2.13. The highest BCUT2D eigenvalue weighted by Gasteiger charge is 2.24. The molecule has 1 aliphatic carbocycles. The van der Waals surface area contributed by atoms with Gasteiger partial charge in [0.05, 0.1) is 11.4 Å². The van der Waals surface area contributed by atoms with Crippen molar-refractivity contribution in [2.45, 2.75) is 84.1 Å². The van der Waals surface area contributed by atoms with Gasteiger partial charge in [0.2, 0.25) is 11.8 Å². The van der Waals surface area contributed by atoms with Crippen LogP contribution in [0.5, 0.6) is 5.88 Å². The van der Waals surface area contributed by atoms with E-state index >= 15 is 0 Å². The molecule has 0 saturated heterocycles. The van der Waals surface area contributed by atoms with Crippen molar-refractivity contribution in [3.8, 4) is 5.88 Å². The lowest BCUT2D eigenvalue weighted by atomic mass is 9.84. The summed E-state index contributed by atoms with van der Waals surface area (Å²) < 4.78 is 30.6. The quantitative estimate of drug-likeness (QED) is 0.489. The summed E-state index contributed by atoms with van der Waals surface area (Å²) >= 11 is 1.59. The first kappa shape index (κ1) is 26.9. The summed E-state index contributed by atoms with van der Waals surface area (Å²) in [4.78, 5) is 24.8. The van der Waals surface area contributed by atoms with Gasteiger partial charge in [0.15, 0.2) is 6.61 Å². The van der Waals surface area contributed by atoms with Crippen LogP contribution in [0.15, 0.2) is 12.3 Å². The highest BCUT2D eigenvalue weighted by molar-refractivity contribution is 7.11. The van der Waals surface area contributed by atoms with Crippen LogP contribution in [-0.4, -0.2) is 59.5 Å². The number of carbonyl (C=O) groups excluding carboxylic acids is 1. The number of ether oxygens (including phenoxy) is 1. The van der Waals surface area contributed by atoms with Crippen molar-refractivity contribution in [2.24, 2.45) is 5.92 Å². The smallest absolute Gasteiger partial charge is 0.272 e. The van der Waals surface area contributed by atoms with Gasteiger partial charge < -0.3 is 15.0 Å². The Kier molecular flexibility index (Phi) is 9.65. The van der Waals surface area contributed by atoms with Crippen molar-refractivity contribution < 1.29 is 18.3 Å². The number of nitrogens with one attached hydrogen (secondary N) is 1. The van der Waals surface area contributed by atoms with E-state index in [1.807, 2.05) is 13.8 Å². The summed E-state index contributed by atoms with van der Waals surface area (Å²) in [5.41, 5.74) is 3.13. The van der Waals surface area contributed by atoms with Crippen LogP contribution in [0.1, 0.15) is 65.7 Å². The zero-order valence-electron chi connectivity index (χ0n) is 21.4. The molecule has 6 nitrogen and oxygen atoms in total. The predicted molar refractivity (Wildman–Crippen MR) is 138 cm³/mol. The van der Waals surface area contributed by atoms with Crippen LogP contribution in [-0.2, 0) is 30.5 Å². The number of pyridine rings is 1. The number of alkyl halides is 2. The van der Waals surface area contributed by atoms with Crippen LogP contribution in [0, 0.1) is 12.8 Å². The molecule has 2 aromatic heterocycles. The van der Waals surface area contributed by atoms with E-state index in [2.05, 4.69) is 26.3 Å². The number of rotatable bonds is 10. The highest BCUT2D eigenvalue weighted by Crippen LogP contribution is 2.28. The first-order valence-corrected chi connectivity index (χ1v) is 14.1. The highest BCUT2D eigenvalue weighted by atomic mass is 32.1. The van der Waals surface area contributed by atoms with Crippen LogP contribution < -0.4 is 10.1 Å². The molecular formula is C27H38F2N4O2S. The number of amides is 1. The molecule has 1 saturated carbocycles. The minimum atomic E-state index is -2.50. The summed E-state index contributed by atoms with van der Waals surface area (Å²) in [6, 6.07) is 2.40. The van der Waals surface area contributed by atoms with Crippen LogP contribution in [0.4, 0.5) is 8.78 Å². The summed E-state index contributed by atoms with van der Waals surface area (Å²) in [6.07, 6.45) is 7.80. The number of hydrogen-bond acceptors (Lipinski definition) is 6. The van der Waals surface area contributed by atoms with E-state index in [0.29, 0.717) is 18.2 Å². The SMILES string of the molecule is CCc1cc2c(nc1OCC(F)F)CCN(CCC1CCC(NC(=O)Cc3cnc(C)s3)CC1)CC2. The van der Waals surface area contributed by atoms with Gasteiger partial charge in [-0.1, -0.05) is 6.92 Å². The maximum Gasteiger partial charge on any atom is 0.272 e. The minimum absolute atomic E-state index is 0.105. The third-order valence-corrected chi connectivity index (χ3v) is 8.30. The Labute approximate surface area is 216 Å². The van der Waals surface area contributed by atoms with Crippen LogP contribution in [0.25, 0.3) is 0 Å². The van der Waals surface area contributed by atoms with Gasteiger partial charge >= 0.3 is 0 Å². The Balaban J connectivity index is 1.19. The van der Waals surface area contributed by atoms with Crippen molar-refractivity contribution in [3.63, 3.8) is 0 Å². The van der Waals surface area contributed by atoms with Gasteiger partial charge in [0, 0.05) is 47.9 Å². The molecule has 2 aromatic rings. The first-order chi connectivity index (χ1) is 17.4. The summed E-state index contributed by atoms with van der Waals surface area (Å²) in [5, 5.41) is 4.22. The maximum atomic E-state index is 12.6. The molecule has 0 unspecified atom stereocenters. The Morgan fingerprint density at radius 1 is 1.25 bits per heavy atom. The van der Waals surface area contributed by atoms with E-state index in [-0.39, 0.29) is 11.9 Å². The average Bonchev–Trinajstić information content (AvgIpc) is 3.16. The number of nitrogens with zero attached hydrogens (tertiary/aromatic N) is 3. The molecule has 0 atom stereocenters. The average molecular weight is 521 g/mol. The Morgan fingerprint density at radius 3 is 2.72 bits per heavy atom. The van der Waals surface area contributed by atoms with E-state index in [4.69, 9.17) is 4.74 Å². The molecule has 3 heterocycles. The number of halogens is 2. The topological polar surface area (TPSA) is 67.3 Å². The van der Waals surface area contributed by atoms with Crippen molar-refractivity contribution in [2.75, 3.05) is 26.2 Å². The number of carbonyl (C=O) groups is 1. The molecule has 0 spiro atoms. The van der Waals surface area contributed by atoms with E-state index < -0.39 is 13.0 Å². The molecular weight excluding hydrogens is 482 g/mol. The lowest BCUT2D eigenvalue weighted by molar-refractivity contribution is -0.121. The molecule has 9 heteroatoms. The van der Waals surface area contributed by atoms with Gasteiger partial charge in [-0.2, -0.15) is 0 Å². The molecule has 0 aromatic carbocycles. The number of thiazole rings is 1. The van der Waals surface area contributed by atoms with Crippen molar-refractivity contribution in [1.82, 2.24) is 20.2 Å². The Morgan fingerprint density at radius 2 is 2.03 bits per heavy atom. The molecule has 0 bridgehead atoms. The molecule has 1 fully saturated rings. The summed E-state index contributed by atoms with van der Waals surface area (Å²) in [5.74, 6) is 1.18. The van der Waals surface area contributed by atoms with Crippen LogP contribution in [0.3, 0.4) is 0 Å². The van der Waals surface area contributed by atoms with Gasteiger partial charge in [-0.3, -0.25) is 4.79 Å². The van der Waals surface area contributed by atoms with Gasteiger partial charge in [-0.25, -0.2) is 18.7 Å². The van der Waals surface area contributed by atoms with E-state index in [1.165, 1.54) is 12.0 Å². The summed E-state index contributed by atoms with van der Waals surface area (Å²) in [6.45, 7) is 6.35. The van der Waals surface area contributed by atoms with Crippen LogP contribution in [0.2, 0.25) is 0 Å². The maximum absolute atomic E-state index is 12.6. The second-order valence-electron chi connectivity index (χ2n) is 10.1. The Bertz CT molecular complexity index is 1010. The third kappa shape index (κ3) is 7.68. The molecule has 36 heavy (non-hydrogen) atoms. The molecule has 1 N–H and O–H groups in total. The van der Waals surface area contributed by atoms with E-state index in [0.717, 1.165) is 85.7 Å². The normalized spacial score (nSPS) is 20.7. The van der Waals surface area contributed by atoms with Crippen molar-refractivity contribution >= 4 is 17.2 Å². The zero-order valence-corrected chi connectivity index (χ0v) is 22.2. The summed E-state index contributed by atoms with van der Waals surface area (Å²) in [7, 11) is 0. The van der Waals surface area contributed by atoms with Gasteiger partial charge in [0.25, 0.3) is 6.43 Å². The third-order valence-electron chi connectivity index (χ3n) is 7.39. The molecule has 198 valence electrons. The van der Waals surface area contributed by atoms with E-state index in [1.54, 1.807) is 17.5 Å². The fourth-order valence-corrected chi connectivity index (χ4v) is 6.13. The molecule has 1 aliphatic heterocycles. The lowest BCUT2D eigenvalue weighted by Crippen LogP contribution is -2.38. The number of aryl methyl sites for hydroxylation is 2. The van der Waals surface area contributed by atoms with E-state index in [9.17, 15) is 13.6 Å². The number of aromatic nitrogens is 2. The number of hydrogen-bond donors (Lipinski definition) is 1. The van der Waals surface area contributed by atoms with Gasteiger partial charge in [-0.05, 0) is 76.0 Å². The lowest BCUT2D eigenvalue weighted by Gasteiger charge is -2.30. The molecule has 2 aliphatic rings. The zero-order chi connectivity index (χ0) is 25.5. The second kappa shape index (κ2) is 12.9. The standard InChI is InChI=1S/C27H38F2N4O2S/c1-3-20-14-21-9-12-33(13-10-24(21)32-27(20)35-17-25(28)29)11-8-19-4-6-22(7-5-19)31-26(34)15-23-16-30-18(2)36-23/h14,16,19,22,25H,3-13,15,17H2,1-2H3,(H,31,34).